The van der Waals surface area contributed by atoms with Crippen LogP contribution in [0, 0.1) is 0 Å². The van der Waals surface area contributed by atoms with Gasteiger partial charge in [-0.05, 0) is 49.9 Å². The zero-order valence-corrected chi connectivity index (χ0v) is 19.3. The van der Waals surface area contributed by atoms with Crippen LogP contribution in [0.1, 0.15) is 31.7 Å². The lowest BCUT2D eigenvalue weighted by Gasteiger charge is -2.15. The van der Waals surface area contributed by atoms with Gasteiger partial charge in [0.15, 0.2) is 5.96 Å². The summed E-state index contributed by atoms with van der Waals surface area (Å²) >= 11 is 0. The minimum absolute atomic E-state index is 0. The molecule has 0 bridgehead atoms. The highest BCUT2D eigenvalue weighted by Gasteiger charge is 2.16. The van der Waals surface area contributed by atoms with Gasteiger partial charge >= 0.3 is 0 Å². The first-order chi connectivity index (χ1) is 13.8. The Kier molecular flexibility index (Phi) is 9.96. The average Bonchev–Trinajstić information content (AvgIpc) is 3.42. The Morgan fingerprint density at radius 3 is 2.59 bits per heavy atom. The van der Waals surface area contributed by atoms with Crippen molar-refractivity contribution >= 4 is 35.8 Å². The normalized spacial score (nSPS) is 13.8. The summed E-state index contributed by atoms with van der Waals surface area (Å²) in [4.78, 5) is 18.6. The lowest BCUT2D eigenvalue weighted by atomic mass is 10.1. The Morgan fingerprint density at radius 1 is 1.17 bits per heavy atom. The summed E-state index contributed by atoms with van der Waals surface area (Å²) < 4.78 is 1.85. The number of aromatic nitrogens is 2. The van der Waals surface area contributed by atoms with E-state index in [1.807, 2.05) is 28.8 Å². The molecule has 1 aliphatic rings. The number of carbonyl (C=O) groups is 1. The molecule has 1 aliphatic heterocycles. The van der Waals surface area contributed by atoms with Gasteiger partial charge in [-0.15, -0.1) is 24.0 Å². The third kappa shape index (κ3) is 7.34. The number of rotatable bonds is 8. The van der Waals surface area contributed by atoms with Crippen LogP contribution in [0.3, 0.4) is 0 Å². The molecule has 1 aromatic carbocycles. The van der Waals surface area contributed by atoms with Crippen LogP contribution >= 0.6 is 24.0 Å². The Morgan fingerprint density at radius 2 is 1.93 bits per heavy atom. The highest BCUT2D eigenvalue weighted by molar-refractivity contribution is 14.0. The van der Waals surface area contributed by atoms with Gasteiger partial charge in [-0.3, -0.25) is 9.79 Å². The second-order valence-electron chi connectivity index (χ2n) is 6.89. The number of amides is 1. The van der Waals surface area contributed by atoms with Crippen molar-refractivity contribution in [3.63, 3.8) is 0 Å². The Labute approximate surface area is 190 Å². The fraction of sp³-hybridized carbons (Fsp3) is 0.476. The molecule has 2 aromatic rings. The Bertz CT molecular complexity index is 754. The van der Waals surface area contributed by atoms with Gasteiger partial charge in [0.05, 0.1) is 12.2 Å². The lowest BCUT2D eigenvalue weighted by molar-refractivity contribution is -0.129. The zero-order chi connectivity index (χ0) is 19.6. The van der Waals surface area contributed by atoms with E-state index in [1.54, 1.807) is 6.20 Å². The van der Waals surface area contributed by atoms with Gasteiger partial charge in [-0.1, -0.05) is 12.1 Å². The van der Waals surface area contributed by atoms with Crippen LogP contribution in [0.5, 0.6) is 0 Å². The third-order valence-corrected chi connectivity index (χ3v) is 4.81. The SMILES string of the molecule is CCNC(=NCCC(=O)N1CCCC1)NCCc1ccc(-n2cccn2)cc1.I. The number of nitrogens with one attached hydrogen (secondary N) is 2. The zero-order valence-electron chi connectivity index (χ0n) is 17.0. The molecule has 0 unspecified atom stereocenters. The molecule has 7 nitrogen and oxygen atoms in total. The van der Waals surface area contributed by atoms with Gasteiger partial charge in [0.2, 0.25) is 5.91 Å². The van der Waals surface area contributed by atoms with E-state index in [0.717, 1.165) is 57.1 Å². The number of hydrogen-bond donors (Lipinski definition) is 2. The van der Waals surface area contributed by atoms with Crippen LogP contribution in [-0.4, -0.2) is 59.3 Å². The molecule has 0 spiro atoms. The molecule has 3 rings (SSSR count). The van der Waals surface area contributed by atoms with Gasteiger partial charge in [0, 0.05) is 45.0 Å². The van der Waals surface area contributed by atoms with Crippen molar-refractivity contribution in [1.82, 2.24) is 25.3 Å². The average molecular weight is 510 g/mol. The van der Waals surface area contributed by atoms with Gasteiger partial charge < -0.3 is 15.5 Å². The molecule has 158 valence electrons. The maximum atomic E-state index is 12.1. The molecule has 8 heteroatoms. The summed E-state index contributed by atoms with van der Waals surface area (Å²) in [6, 6.07) is 10.3. The minimum atomic E-state index is 0. The molecule has 2 N–H and O–H groups in total. The summed E-state index contributed by atoms with van der Waals surface area (Å²) in [7, 11) is 0. The fourth-order valence-corrected chi connectivity index (χ4v) is 3.29. The van der Waals surface area contributed by atoms with Crippen LogP contribution < -0.4 is 10.6 Å². The number of benzene rings is 1. The van der Waals surface area contributed by atoms with Gasteiger partial charge in [-0.25, -0.2) is 4.68 Å². The Balaban J connectivity index is 0.00000300. The summed E-state index contributed by atoms with van der Waals surface area (Å²) in [6.07, 6.45) is 7.34. The maximum Gasteiger partial charge on any atom is 0.224 e. The van der Waals surface area contributed by atoms with Crippen molar-refractivity contribution in [3.05, 3.63) is 48.3 Å². The summed E-state index contributed by atoms with van der Waals surface area (Å²) in [5.41, 5.74) is 2.31. The molecule has 1 fully saturated rings. The van der Waals surface area contributed by atoms with E-state index in [4.69, 9.17) is 0 Å². The summed E-state index contributed by atoms with van der Waals surface area (Å²) in [5.74, 6) is 0.985. The first-order valence-corrected chi connectivity index (χ1v) is 10.1. The molecular weight excluding hydrogens is 479 g/mol. The molecule has 1 saturated heterocycles. The van der Waals surface area contributed by atoms with Crippen molar-refractivity contribution in [2.75, 3.05) is 32.7 Å². The maximum absolute atomic E-state index is 12.1. The standard InChI is InChI=1S/C21H30N6O.HI/c1-2-22-21(24-14-11-20(28)26-15-3-4-16-26)23-13-10-18-6-8-19(9-7-18)27-17-5-12-25-27;/h5-9,12,17H,2-4,10-11,13-16H2,1H3,(H2,22,23,24);1H. The molecule has 29 heavy (non-hydrogen) atoms. The number of halogens is 1. The fourth-order valence-electron chi connectivity index (χ4n) is 3.29. The molecule has 1 amide bonds. The number of carbonyl (C=O) groups excluding carboxylic acids is 1. The van der Waals surface area contributed by atoms with Crippen molar-refractivity contribution in [1.29, 1.82) is 0 Å². The van der Waals surface area contributed by atoms with E-state index in [2.05, 4.69) is 45.0 Å². The predicted octanol–water partition coefficient (Wildman–Crippen LogP) is 2.60. The van der Waals surface area contributed by atoms with Crippen molar-refractivity contribution in [2.24, 2.45) is 4.99 Å². The van der Waals surface area contributed by atoms with Gasteiger partial charge in [-0.2, -0.15) is 5.10 Å². The monoisotopic (exact) mass is 510 g/mol. The van der Waals surface area contributed by atoms with Crippen LogP contribution in [0.25, 0.3) is 5.69 Å². The molecule has 0 saturated carbocycles. The first-order valence-electron chi connectivity index (χ1n) is 10.1. The number of nitrogens with zero attached hydrogens (tertiary/aromatic N) is 4. The van der Waals surface area contributed by atoms with Gasteiger partial charge in [0.1, 0.15) is 0 Å². The van der Waals surface area contributed by atoms with Gasteiger partial charge in [0.25, 0.3) is 0 Å². The molecule has 0 aliphatic carbocycles. The first kappa shape index (κ1) is 23.2. The number of hydrogen-bond acceptors (Lipinski definition) is 3. The van der Waals surface area contributed by atoms with Crippen LogP contribution in [0.15, 0.2) is 47.7 Å². The quantitative estimate of drug-likeness (QED) is 0.326. The predicted molar refractivity (Wildman–Crippen MR) is 127 cm³/mol. The van der Waals surface area contributed by atoms with E-state index in [-0.39, 0.29) is 29.9 Å². The smallest absolute Gasteiger partial charge is 0.224 e. The van der Waals surface area contributed by atoms with E-state index < -0.39 is 0 Å². The Hall–Kier alpha value is -2.10. The third-order valence-electron chi connectivity index (χ3n) is 4.81. The molecule has 0 radical (unpaired) electrons. The lowest BCUT2D eigenvalue weighted by Crippen LogP contribution is -2.38. The van der Waals surface area contributed by atoms with Crippen LogP contribution in [-0.2, 0) is 11.2 Å². The highest BCUT2D eigenvalue weighted by atomic mass is 127. The highest BCUT2D eigenvalue weighted by Crippen LogP contribution is 2.09. The molecule has 0 atom stereocenters. The largest absolute Gasteiger partial charge is 0.357 e. The number of likely N-dealkylation sites (tertiary alicyclic amines) is 1. The molecular formula is C21H31IN6O. The number of guanidine groups is 1. The minimum Gasteiger partial charge on any atom is -0.357 e. The second-order valence-corrected chi connectivity index (χ2v) is 6.89. The van der Waals surface area contributed by atoms with Crippen molar-refractivity contribution in [3.8, 4) is 5.69 Å². The molecule has 1 aromatic heterocycles. The second kappa shape index (κ2) is 12.5. The van der Waals surface area contributed by atoms with E-state index in [9.17, 15) is 4.79 Å². The molecule has 2 heterocycles. The van der Waals surface area contributed by atoms with Crippen molar-refractivity contribution < 1.29 is 4.79 Å². The number of aliphatic imine (C=N–C) groups is 1. The van der Waals surface area contributed by atoms with Crippen LogP contribution in [0.2, 0.25) is 0 Å². The summed E-state index contributed by atoms with van der Waals surface area (Å²) in [5, 5.41) is 10.8. The topological polar surface area (TPSA) is 74.6 Å². The van der Waals surface area contributed by atoms with E-state index >= 15 is 0 Å². The summed E-state index contributed by atoms with van der Waals surface area (Å²) in [6.45, 7) is 5.95. The van der Waals surface area contributed by atoms with E-state index in [0.29, 0.717) is 13.0 Å². The van der Waals surface area contributed by atoms with Crippen molar-refractivity contribution in [2.45, 2.75) is 32.6 Å². The van der Waals surface area contributed by atoms with Crippen LogP contribution in [0.4, 0.5) is 0 Å². The van der Waals surface area contributed by atoms with E-state index in [1.165, 1.54) is 5.56 Å².